The number of aliphatic carboxylic acids is 2. The fraction of sp³-hybridized carbons (Fsp3) is 0.222. The van der Waals surface area contributed by atoms with Crippen LogP contribution in [0.25, 0.3) is 0 Å². The summed E-state index contributed by atoms with van der Waals surface area (Å²) in [4.78, 5) is 21.9. The highest BCUT2D eigenvalue weighted by molar-refractivity contribution is 5.84. The van der Waals surface area contributed by atoms with Crippen LogP contribution in [0, 0.1) is 0 Å². The van der Waals surface area contributed by atoms with Crippen LogP contribution in [-0.2, 0) is 20.9 Å². The predicted molar refractivity (Wildman–Crippen MR) is 98.5 cm³/mol. The summed E-state index contributed by atoms with van der Waals surface area (Å²) >= 11 is 0. The van der Waals surface area contributed by atoms with Crippen molar-refractivity contribution in [2.45, 2.75) is 18.8 Å². The number of hydrogen-bond donors (Lipinski definition) is 5. The summed E-state index contributed by atoms with van der Waals surface area (Å²) in [6.45, 7) is -0.0792. The monoisotopic (exact) mass is 375 g/mol. The third kappa shape index (κ3) is 5.87. The molecule has 0 bridgehead atoms. The molecule has 0 saturated carbocycles. The number of hydrazine groups is 1. The molecular weight excluding hydrogens is 354 g/mol. The van der Waals surface area contributed by atoms with Gasteiger partial charge in [-0.3, -0.25) is 4.79 Å². The highest BCUT2D eigenvalue weighted by atomic mass is 16.5. The number of carboxylic acid groups (broad SMARTS) is 2. The molecule has 2 atom stereocenters. The Labute approximate surface area is 155 Å². The van der Waals surface area contributed by atoms with E-state index in [0.717, 1.165) is 17.1 Å². The van der Waals surface area contributed by atoms with E-state index in [0.29, 0.717) is 5.56 Å². The van der Waals surface area contributed by atoms with Gasteiger partial charge in [-0.05, 0) is 42.0 Å². The second kappa shape index (κ2) is 9.41. The van der Waals surface area contributed by atoms with E-state index in [9.17, 15) is 9.59 Å². The van der Waals surface area contributed by atoms with Crippen molar-refractivity contribution in [3.05, 3.63) is 54.1 Å². The Morgan fingerprint density at radius 2 is 1.48 bits per heavy atom. The number of methoxy groups -OCH3 is 1. The van der Waals surface area contributed by atoms with Gasteiger partial charge in [-0.15, -0.1) is 0 Å². The van der Waals surface area contributed by atoms with Crippen LogP contribution >= 0.6 is 0 Å². The molecule has 0 radical (unpaired) electrons. The summed E-state index contributed by atoms with van der Waals surface area (Å²) in [7, 11) is 1.60. The minimum atomic E-state index is -1.64. The van der Waals surface area contributed by atoms with Crippen molar-refractivity contribution in [1.29, 1.82) is 0 Å². The lowest BCUT2D eigenvalue weighted by molar-refractivity contribution is -0.159. The minimum Gasteiger partial charge on any atom is -0.497 e. The van der Waals surface area contributed by atoms with Gasteiger partial charge < -0.3 is 36.3 Å². The second-order valence-electron chi connectivity index (χ2n) is 5.61. The SMILES string of the molecule is COc1ccc(NNc2ccc(CO[C@H](C(=O)O)[C@H](N)C(=O)O)cc2)cc1. The maximum Gasteiger partial charge on any atom is 0.335 e. The molecule has 0 spiro atoms. The zero-order valence-corrected chi connectivity index (χ0v) is 14.6. The Kier molecular flexibility index (Phi) is 6.98. The van der Waals surface area contributed by atoms with Gasteiger partial charge in [0.1, 0.15) is 11.8 Å². The Bertz CT molecular complexity index is 764. The van der Waals surface area contributed by atoms with Crippen molar-refractivity contribution in [1.82, 2.24) is 0 Å². The van der Waals surface area contributed by atoms with Gasteiger partial charge in [0, 0.05) is 0 Å². The maximum absolute atomic E-state index is 11.1. The predicted octanol–water partition coefficient (Wildman–Crippen LogP) is 1.52. The molecular formula is C18H21N3O6. The van der Waals surface area contributed by atoms with E-state index in [-0.39, 0.29) is 6.61 Å². The number of carboxylic acids is 2. The molecule has 144 valence electrons. The zero-order valence-electron chi connectivity index (χ0n) is 14.6. The standard InChI is InChI=1S/C18H21N3O6/c1-26-14-8-6-13(7-9-14)21-20-12-4-2-11(3-5-12)10-27-16(18(24)25)15(19)17(22)23/h2-9,15-16,20-21H,10,19H2,1H3,(H,22,23)(H,24,25)/t15-,16-/m0/s1. The van der Waals surface area contributed by atoms with Crippen LogP contribution in [-0.4, -0.2) is 41.4 Å². The van der Waals surface area contributed by atoms with E-state index in [2.05, 4.69) is 10.9 Å². The van der Waals surface area contributed by atoms with E-state index in [1.807, 2.05) is 24.3 Å². The van der Waals surface area contributed by atoms with Crippen molar-refractivity contribution in [3.8, 4) is 5.75 Å². The lowest BCUT2D eigenvalue weighted by Gasteiger charge is -2.17. The molecule has 0 aliphatic carbocycles. The number of carbonyl (C=O) groups is 2. The van der Waals surface area contributed by atoms with Crippen LogP contribution in [0.1, 0.15) is 5.56 Å². The number of benzene rings is 2. The van der Waals surface area contributed by atoms with Gasteiger partial charge in [0.05, 0.1) is 25.1 Å². The highest BCUT2D eigenvalue weighted by Crippen LogP contribution is 2.16. The summed E-state index contributed by atoms with van der Waals surface area (Å²) in [5.41, 5.74) is 13.7. The number of anilines is 2. The Morgan fingerprint density at radius 1 is 0.963 bits per heavy atom. The number of rotatable bonds is 10. The van der Waals surface area contributed by atoms with Crippen LogP contribution in [0.2, 0.25) is 0 Å². The van der Waals surface area contributed by atoms with Crippen LogP contribution in [0.15, 0.2) is 48.5 Å². The van der Waals surface area contributed by atoms with Crippen LogP contribution in [0.4, 0.5) is 11.4 Å². The average Bonchev–Trinajstić information content (AvgIpc) is 2.67. The third-order valence-electron chi connectivity index (χ3n) is 3.68. The molecule has 2 aromatic carbocycles. The lowest BCUT2D eigenvalue weighted by atomic mass is 10.1. The Hall–Kier alpha value is -3.30. The Morgan fingerprint density at radius 3 is 1.93 bits per heavy atom. The topological polar surface area (TPSA) is 143 Å². The summed E-state index contributed by atoms with van der Waals surface area (Å²) in [5, 5.41) is 17.9. The quantitative estimate of drug-likeness (QED) is 0.390. The maximum atomic E-state index is 11.1. The molecule has 27 heavy (non-hydrogen) atoms. The van der Waals surface area contributed by atoms with Crippen molar-refractivity contribution in [2.24, 2.45) is 5.73 Å². The molecule has 6 N–H and O–H groups in total. The molecule has 2 rings (SSSR count). The average molecular weight is 375 g/mol. The highest BCUT2D eigenvalue weighted by Gasteiger charge is 2.31. The summed E-state index contributed by atoms with van der Waals surface area (Å²) in [6.07, 6.45) is -1.63. The van der Waals surface area contributed by atoms with Gasteiger partial charge in [-0.2, -0.15) is 0 Å². The molecule has 0 fully saturated rings. The first kappa shape index (κ1) is 20.0. The van der Waals surface area contributed by atoms with E-state index in [4.69, 9.17) is 25.4 Å². The van der Waals surface area contributed by atoms with E-state index in [1.165, 1.54) is 0 Å². The molecule has 2 aromatic rings. The molecule has 0 aromatic heterocycles. The second-order valence-corrected chi connectivity index (χ2v) is 5.61. The van der Waals surface area contributed by atoms with Crippen molar-refractivity contribution in [3.63, 3.8) is 0 Å². The van der Waals surface area contributed by atoms with Crippen molar-refractivity contribution in [2.75, 3.05) is 18.0 Å². The largest absolute Gasteiger partial charge is 0.497 e. The molecule has 0 aliphatic rings. The molecule has 0 unspecified atom stereocenters. The Balaban J connectivity index is 1.88. The van der Waals surface area contributed by atoms with Crippen molar-refractivity contribution < 1.29 is 29.3 Å². The molecule has 9 nitrogen and oxygen atoms in total. The molecule has 9 heteroatoms. The van der Waals surface area contributed by atoms with Gasteiger partial charge in [0.25, 0.3) is 0 Å². The molecule has 0 heterocycles. The van der Waals surface area contributed by atoms with Crippen molar-refractivity contribution >= 4 is 23.3 Å². The fourth-order valence-corrected chi connectivity index (χ4v) is 2.15. The number of ether oxygens (including phenoxy) is 2. The first-order valence-corrected chi connectivity index (χ1v) is 7.98. The van der Waals surface area contributed by atoms with Crippen LogP contribution in [0.5, 0.6) is 5.75 Å². The zero-order chi connectivity index (χ0) is 19.8. The number of nitrogens with one attached hydrogen (secondary N) is 2. The van der Waals surface area contributed by atoms with Crippen LogP contribution < -0.4 is 21.3 Å². The summed E-state index contributed by atoms with van der Waals surface area (Å²) < 4.78 is 10.2. The smallest absolute Gasteiger partial charge is 0.335 e. The van der Waals surface area contributed by atoms with E-state index >= 15 is 0 Å². The first-order chi connectivity index (χ1) is 12.9. The number of nitrogens with two attached hydrogens (primary N) is 1. The van der Waals surface area contributed by atoms with Gasteiger partial charge in [0.15, 0.2) is 6.10 Å². The van der Waals surface area contributed by atoms with Gasteiger partial charge >= 0.3 is 11.9 Å². The summed E-state index contributed by atoms with van der Waals surface area (Å²) in [5.74, 6) is -2.11. The summed E-state index contributed by atoms with van der Waals surface area (Å²) in [6, 6.07) is 12.7. The molecule has 0 aliphatic heterocycles. The van der Waals surface area contributed by atoms with Gasteiger partial charge in [-0.25, -0.2) is 4.79 Å². The molecule has 0 amide bonds. The fourth-order valence-electron chi connectivity index (χ4n) is 2.15. The first-order valence-electron chi connectivity index (χ1n) is 7.98. The lowest BCUT2D eigenvalue weighted by Crippen LogP contribution is -2.47. The normalized spacial score (nSPS) is 12.7. The van der Waals surface area contributed by atoms with E-state index < -0.39 is 24.1 Å². The molecule has 0 saturated heterocycles. The third-order valence-corrected chi connectivity index (χ3v) is 3.68. The van der Waals surface area contributed by atoms with Crippen LogP contribution in [0.3, 0.4) is 0 Å². The van der Waals surface area contributed by atoms with Gasteiger partial charge in [0.2, 0.25) is 0 Å². The number of hydrogen-bond acceptors (Lipinski definition) is 7. The van der Waals surface area contributed by atoms with E-state index in [1.54, 1.807) is 31.4 Å². The van der Waals surface area contributed by atoms with Gasteiger partial charge in [-0.1, -0.05) is 12.1 Å². The minimum absolute atomic E-state index is 0.0792.